The zero-order valence-electron chi connectivity index (χ0n) is 12.9. The van der Waals surface area contributed by atoms with E-state index in [1.807, 2.05) is 12.1 Å². The fourth-order valence-electron chi connectivity index (χ4n) is 1.75. The number of primary amides is 1. The van der Waals surface area contributed by atoms with Gasteiger partial charge >= 0.3 is 0 Å². The fraction of sp³-hybridized carbons (Fsp3) is 0.375. The summed E-state index contributed by atoms with van der Waals surface area (Å²) in [4.78, 5) is 23.3. The van der Waals surface area contributed by atoms with Gasteiger partial charge in [0.2, 0.25) is 5.91 Å². The maximum Gasteiger partial charge on any atom is 0.256 e. The molecule has 6 nitrogen and oxygen atoms in total. The quantitative estimate of drug-likeness (QED) is 0.276. The van der Waals surface area contributed by atoms with Crippen LogP contribution >= 0.6 is 11.8 Å². The van der Waals surface area contributed by atoms with Gasteiger partial charge in [-0.3, -0.25) is 14.8 Å². The lowest BCUT2D eigenvalue weighted by atomic mass is 10.2. The second kappa shape index (κ2) is 10.5. The molecule has 0 aliphatic carbocycles. The van der Waals surface area contributed by atoms with Gasteiger partial charge < -0.3 is 10.5 Å². The Bertz CT molecular complexity index is 578. The van der Waals surface area contributed by atoms with E-state index in [1.165, 1.54) is 11.8 Å². The summed E-state index contributed by atoms with van der Waals surface area (Å²) in [6.07, 6.45) is 1.13. The van der Waals surface area contributed by atoms with Gasteiger partial charge in [-0.15, -0.1) is 17.7 Å². The molecule has 1 aromatic carbocycles. The first-order chi connectivity index (χ1) is 11.1. The van der Waals surface area contributed by atoms with Gasteiger partial charge in [0.05, 0.1) is 5.25 Å². The minimum Gasteiger partial charge on any atom is -0.481 e. The highest BCUT2D eigenvalue weighted by Crippen LogP contribution is 2.28. The van der Waals surface area contributed by atoms with Crippen LogP contribution in [0.15, 0.2) is 29.2 Å². The fourth-order valence-corrected chi connectivity index (χ4v) is 2.81. The molecular weight excluding hydrogens is 316 g/mol. The lowest BCUT2D eigenvalue weighted by Gasteiger charge is -2.14. The van der Waals surface area contributed by atoms with Gasteiger partial charge in [0.1, 0.15) is 12.4 Å². The second-order valence-corrected chi connectivity index (χ2v) is 5.90. The molecule has 0 saturated heterocycles. The first-order valence-corrected chi connectivity index (χ1v) is 7.96. The van der Waals surface area contributed by atoms with E-state index in [1.54, 1.807) is 24.5 Å². The number of thioether (sulfide) groups is 1. The normalized spacial score (nSPS) is 11.0. The number of nitrogens with two attached hydrogens (primary N) is 1. The molecule has 4 N–H and O–H groups in total. The standard InChI is InChI=1S/C16H20N2O4S/c1-2-3-11-22-12-7-9-13(10-8-12)23-14(16(20)18-21)5-4-6-15(17)19/h7-10,14,21H,4-6,11H2,1H3,(H2,17,19)(H,18,20). The minimum atomic E-state index is -0.503. The Morgan fingerprint density at radius 3 is 2.65 bits per heavy atom. The molecule has 1 unspecified atom stereocenters. The summed E-state index contributed by atoms with van der Waals surface area (Å²) in [6, 6.07) is 7.23. The number of nitrogens with one attached hydrogen (secondary N) is 1. The summed E-state index contributed by atoms with van der Waals surface area (Å²) >= 11 is 1.30. The Kier molecular flexibility index (Phi) is 8.65. The Balaban J connectivity index is 2.61. The van der Waals surface area contributed by atoms with Crippen molar-refractivity contribution in [1.29, 1.82) is 0 Å². The van der Waals surface area contributed by atoms with Crippen LogP contribution in [0.2, 0.25) is 0 Å². The first kappa shape index (κ1) is 18.9. The van der Waals surface area contributed by atoms with Gasteiger partial charge in [-0.2, -0.15) is 0 Å². The number of carbonyl (C=O) groups excluding carboxylic acids is 2. The van der Waals surface area contributed by atoms with Gasteiger partial charge in [0.25, 0.3) is 5.91 Å². The molecule has 7 heteroatoms. The molecular formula is C16H20N2O4S. The highest BCUT2D eigenvalue weighted by atomic mass is 32.2. The number of hydroxylamine groups is 1. The summed E-state index contributed by atoms with van der Waals surface area (Å²) in [5, 5.41) is 8.32. The van der Waals surface area contributed by atoms with Crippen molar-refractivity contribution in [3.63, 3.8) is 0 Å². The van der Waals surface area contributed by atoms with Crippen LogP contribution in [0.3, 0.4) is 0 Å². The van der Waals surface area contributed by atoms with Crippen molar-refractivity contribution in [2.24, 2.45) is 5.73 Å². The van der Waals surface area contributed by atoms with E-state index in [0.29, 0.717) is 25.2 Å². The Morgan fingerprint density at radius 1 is 1.39 bits per heavy atom. The maximum atomic E-state index is 11.7. The number of ether oxygens (including phenoxy) is 1. The molecule has 0 heterocycles. The summed E-state index contributed by atoms with van der Waals surface area (Å²) in [5.41, 5.74) is 6.74. The molecule has 0 aliphatic heterocycles. The van der Waals surface area contributed by atoms with Crippen LogP contribution in [0.1, 0.15) is 26.2 Å². The van der Waals surface area contributed by atoms with E-state index in [2.05, 4.69) is 11.8 Å². The van der Waals surface area contributed by atoms with Crippen LogP contribution in [-0.2, 0) is 9.59 Å². The largest absolute Gasteiger partial charge is 0.481 e. The van der Waals surface area contributed by atoms with Gasteiger partial charge in [0.15, 0.2) is 0 Å². The zero-order valence-corrected chi connectivity index (χ0v) is 13.7. The molecule has 124 valence electrons. The average Bonchev–Trinajstić information content (AvgIpc) is 2.54. The molecule has 0 bridgehead atoms. The molecule has 1 atom stereocenters. The van der Waals surface area contributed by atoms with Gasteiger partial charge in [-0.05, 0) is 44.0 Å². The Morgan fingerprint density at radius 2 is 2.09 bits per heavy atom. The average molecular weight is 336 g/mol. The summed E-state index contributed by atoms with van der Waals surface area (Å²) in [6.45, 7) is 2.07. The summed E-state index contributed by atoms with van der Waals surface area (Å²) < 4.78 is 5.41. The van der Waals surface area contributed by atoms with Crippen molar-refractivity contribution in [3.8, 4) is 17.6 Å². The predicted molar refractivity (Wildman–Crippen MR) is 88.0 cm³/mol. The van der Waals surface area contributed by atoms with E-state index in [4.69, 9.17) is 15.7 Å². The van der Waals surface area contributed by atoms with Gasteiger partial charge in [-0.25, -0.2) is 5.48 Å². The highest BCUT2D eigenvalue weighted by Gasteiger charge is 2.19. The first-order valence-electron chi connectivity index (χ1n) is 7.08. The van der Waals surface area contributed by atoms with Crippen molar-refractivity contribution in [1.82, 2.24) is 5.48 Å². The lowest BCUT2D eigenvalue weighted by molar-refractivity contribution is -0.129. The Hall–Kier alpha value is -2.17. The third kappa shape index (κ3) is 7.58. The van der Waals surface area contributed by atoms with Crippen LogP contribution in [-0.4, -0.2) is 28.9 Å². The number of hydrogen-bond acceptors (Lipinski definition) is 5. The molecule has 1 rings (SSSR count). The van der Waals surface area contributed by atoms with Crippen LogP contribution in [0.5, 0.6) is 5.75 Å². The third-order valence-corrected chi connectivity index (χ3v) is 4.16. The van der Waals surface area contributed by atoms with Crippen LogP contribution in [0.25, 0.3) is 0 Å². The second-order valence-electron chi connectivity index (χ2n) is 4.63. The number of hydrogen-bond donors (Lipinski definition) is 3. The smallest absolute Gasteiger partial charge is 0.256 e. The van der Waals surface area contributed by atoms with Crippen molar-refractivity contribution >= 4 is 23.6 Å². The number of amides is 2. The van der Waals surface area contributed by atoms with Crippen LogP contribution in [0, 0.1) is 11.8 Å². The third-order valence-electron chi connectivity index (χ3n) is 2.88. The van der Waals surface area contributed by atoms with E-state index < -0.39 is 17.1 Å². The summed E-state index contributed by atoms with van der Waals surface area (Å²) in [7, 11) is 0. The predicted octanol–water partition coefficient (Wildman–Crippen LogP) is 1.71. The van der Waals surface area contributed by atoms with Gasteiger partial charge in [0, 0.05) is 11.3 Å². The van der Waals surface area contributed by atoms with E-state index in [9.17, 15) is 9.59 Å². The molecule has 0 aliphatic rings. The van der Waals surface area contributed by atoms with Crippen LogP contribution in [0.4, 0.5) is 0 Å². The van der Waals surface area contributed by atoms with Crippen LogP contribution < -0.4 is 16.0 Å². The van der Waals surface area contributed by atoms with Crippen molar-refractivity contribution in [2.45, 2.75) is 36.3 Å². The Labute approximate surface area is 139 Å². The maximum absolute atomic E-state index is 11.7. The molecule has 0 spiro atoms. The van der Waals surface area contributed by atoms with E-state index in [0.717, 1.165) is 4.90 Å². The molecule has 1 aromatic rings. The van der Waals surface area contributed by atoms with E-state index in [-0.39, 0.29) is 6.42 Å². The topological polar surface area (TPSA) is 102 Å². The molecule has 0 fully saturated rings. The lowest BCUT2D eigenvalue weighted by Crippen LogP contribution is -2.30. The SMILES string of the molecule is CC#CCOc1ccc(SC(CCCC(N)=O)C(=O)NO)cc1. The molecule has 0 saturated carbocycles. The minimum absolute atomic E-state index is 0.209. The molecule has 23 heavy (non-hydrogen) atoms. The highest BCUT2D eigenvalue weighted by molar-refractivity contribution is 8.00. The molecule has 0 radical (unpaired) electrons. The zero-order chi connectivity index (χ0) is 17.1. The summed E-state index contributed by atoms with van der Waals surface area (Å²) in [5.74, 6) is 5.32. The number of benzene rings is 1. The molecule has 0 aromatic heterocycles. The monoisotopic (exact) mass is 336 g/mol. The number of carbonyl (C=O) groups is 2. The van der Waals surface area contributed by atoms with Gasteiger partial charge in [-0.1, -0.05) is 5.92 Å². The van der Waals surface area contributed by atoms with Crippen molar-refractivity contribution in [3.05, 3.63) is 24.3 Å². The molecule has 2 amide bonds. The van der Waals surface area contributed by atoms with Crippen molar-refractivity contribution < 1.29 is 19.5 Å². The number of rotatable bonds is 9. The van der Waals surface area contributed by atoms with Crippen molar-refractivity contribution in [2.75, 3.05) is 6.61 Å². The van der Waals surface area contributed by atoms with E-state index >= 15 is 0 Å².